The maximum absolute atomic E-state index is 3.84. The van der Waals surface area contributed by atoms with Gasteiger partial charge in [-0.1, -0.05) is 30.3 Å². The van der Waals surface area contributed by atoms with E-state index in [1.165, 1.54) is 0 Å². The van der Waals surface area contributed by atoms with Crippen molar-refractivity contribution in [3.63, 3.8) is 0 Å². The molecule has 0 saturated heterocycles. The average molecular weight is 235 g/mol. The summed E-state index contributed by atoms with van der Waals surface area (Å²) in [5, 5.41) is 7.62. The largest absolute Gasteiger partial charge is 0.158 e. The lowest BCUT2D eigenvalue weighted by atomic mass is 10.1. The SMILES string of the molecule is Brc1cnncc1-c1ccccc1. The lowest BCUT2D eigenvalue weighted by molar-refractivity contribution is 1.03. The molecule has 0 bridgehead atoms. The van der Waals surface area contributed by atoms with Gasteiger partial charge in [0, 0.05) is 10.0 Å². The van der Waals surface area contributed by atoms with E-state index in [1.54, 1.807) is 12.4 Å². The van der Waals surface area contributed by atoms with Gasteiger partial charge in [-0.15, -0.1) is 0 Å². The second kappa shape index (κ2) is 3.66. The molecule has 13 heavy (non-hydrogen) atoms. The number of hydrogen-bond donors (Lipinski definition) is 0. The molecular weight excluding hydrogens is 228 g/mol. The summed E-state index contributed by atoms with van der Waals surface area (Å²) in [7, 11) is 0. The summed E-state index contributed by atoms with van der Waals surface area (Å²) in [6.45, 7) is 0. The van der Waals surface area contributed by atoms with Crippen LogP contribution in [0.1, 0.15) is 0 Å². The monoisotopic (exact) mass is 234 g/mol. The van der Waals surface area contributed by atoms with E-state index >= 15 is 0 Å². The van der Waals surface area contributed by atoms with Crippen LogP contribution < -0.4 is 0 Å². The number of aromatic nitrogens is 2. The van der Waals surface area contributed by atoms with Crippen molar-refractivity contribution < 1.29 is 0 Å². The van der Waals surface area contributed by atoms with Crippen molar-refractivity contribution in [1.82, 2.24) is 10.2 Å². The third kappa shape index (κ3) is 1.75. The topological polar surface area (TPSA) is 25.8 Å². The molecule has 0 aliphatic rings. The minimum atomic E-state index is 0.966. The Kier molecular flexibility index (Phi) is 2.36. The van der Waals surface area contributed by atoms with Gasteiger partial charge in [0.1, 0.15) is 0 Å². The number of benzene rings is 1. The predicted molar refractivity (Wildman–Crippen MR) is 55.2 cm³/mol. The van der Waals surface area contributed by atoms with E-state index in [-0.39, 0.29) is 0 Å². The quantitative estimate of drug-likeness (QED) is 0.759. The van der Waals surface area contributed by atoms with Gasteiger partial charge in [0.05, 0.1) is 12.4 Å². The van der Waals surface area contributed by atoms with Gasteiger partial charge >= 0.3 is 0 Å². The van der Waals surface area contributed by atoms with E-state index in [1.807, 2.05) is 30.3 Å². The maximum Gasteiger partial charge on any atom is 0.0644 e. The second-order valence-electron chi connectivity index (χ2n) is 2.62. The van der Waals surface area contributed by atoms with Crippen molar-refractivity contribution in [2.24, 2.45) is 0 Å². The number of nitrogens with zero attached hydrogens (tertiary/aromatic N) is 2. The minimum Gasteiger partial charge on any atom is -0.158 e. The van der Waals surface area contributed by atoms with E-state index in [0.29, 0.717) is 0 Å². The molecule has 2 nitrogen and oxygen atoms in total. The molecule has 1 aromatic heterocycles. The van der Waals surface area contributed by atoms with E-state index < -0.39 is 0 Å². The van der Waals surface area contributed by atoms with Crippen LogP contribution in [-0.4, -0.2) is 10.2 Å². The van der Waals surface area contributed by atoms with Crippen LogP contribution in [0.5, 0.6) is 0 Å². The lowest BCUT2D eigenvalue weighted by Gasteiger charge is -2.01. The van der Waals surface area contributed by atoms with Gasteiger partial charge in [0.25, 0.3) is 0 Å². The van der Waals surface area contributed by atoms with E-state index in [4.69, 9.17) is 0 Å². The van der Waals surface area contributed by atoms with E-state index in [2.05, 4.69) is 26.1 Å². The molecule has 0 fully saturated rings. The zero-order chi connectivity index (χ0) is 9.10. The molecule has 0 amide bonds. The molecule has 64 valence electrons. The van der Waals surface area contributed by atoms with Crippen LogP contribution in [-0.2, 0) is 0 Å². The van der Waals surface area contributed by atoms with Crippen LogP contribution in [0.25, 0.3) is 11.1 Å². The summed E-state index contributed by atoms with van der Waals surface area (Å²) >= 11 is 3.43. The number of hydrogen-bond acceptors (Lipinski definition) is 2. The van der Waals surface area contributed by atoms with Crippen LogP contribution in [0.2, 0.25) is 0 Å². The van der Waals surface area contributed by atoms with Crippen LogP contribution in [0.4, 0.5) is 0 Å². The Morgan fingerprint density at radius 3 is 2.31 bits per heavy atom. The van der Waals surface area contributed by atoms with Crippen LogP contribution in [0, 0.1) is 0 Å². The highest BCUT2D eigenvalue weighted by Crippen LogP contribution is 2.25. The summed E-state index contributed by atoms with van der Waals surface area (Å²) in [6, 6.07) is 10.1. The van der Waals surface area contributed by atoms with Gasteiger partial charge < -0.3 is 0 Å². The van der Waals surface area contributed by atoms with Gasteiger partial charge in [0.15, 0.2) is 0 Å². The van der Waals surface area contributed by atoms with Gasteiger partial charge in [0.2, 0.25) is 0 Å². The lowest BCUT2D eigenvalue weighted by Crippen LogP contribution is -1.84. The third-order valence-electron chi connectivity index (χ3n) is 1.77. The van der Waals surface area contributed by atoms with Gasteiger partial charge in [-0.25, -0.2) is 0 Å². The molecule has 0 saturated carbocycles. The fraction of sp³-hybridized carbons (Fsp3) is 0. The Labute approximate surface area is 84.8 Å². The van der Waals surface area contributed by atoms with E-state index in [9.17, 15) is 0 Å². The van der Waals surface area contributed by atoms with Crippen LogP contribution in [0.3, 0.4) is 0 Å². The molecule has 1 aromatic carbocycles. The normalized spacial score (nSPS) is 9.92. The Bertz CT molecular complexity index is 401. The zero-order valence-electron chi connectivity index (χ0n) is 6.81. The first-order chi connectivity index (χ1) is 6.38. The van der Waals surface area contributed by atoms with Gasteiger partial charge in [-0.3, -0.25) is 0 Å². The first-order valence-electron chi connectivity index (χ1n) is 3.89. The van der Waals surface area contributed by atoms with Crippen molar-refractivity contribution in [2.45, 2.75) is 0 Å². The summed E-state index contributed by atoms with van der Waals surface area (Å²) in [6.07, 6.45) is 3.45. The fourth-order valence-corrected chi connectivity index (χ4v) is 1.56. The Hall–Kier alpha value is -1.22. The van der Waals surface area contributed by atoms with Crippen molar-refractivity contribution in [1.29, 1.82) is 0 Å². The maximum atomic E-state index is 3.84. The molecule has 0 radical (unpaired) electrons. The molecule has 2 aromatic rings. The number of halogens is 1. The number of rotatable bonds is 1. The van der Waals surface area contributed by atoms with Crippen LogP contribution in [0.15, 0.2) is 47.2 Å². The minimum absolute atomic E-state index is 0.966. The van der Waals surface area contributed by atoms with E-state index in [0.717, 1.165) is 15.6 Å². The smallest absolute Gasteiger partial charge is 0.0644 e. The Morgan fingerprint density at radius 2 is 1.62 bits per heavy atom. The Balaban J connectivity index is 2.54. The van der Waals surface area contributed by atoms with Crippen molar-refractivity contribution >= 4 is 15.9 Å². The summed E-state index contributed by atoms with van der Waals surface area (Å²) in [4.78, 5) is 0. The highest BCUT2D eigenvalue weighted by atomic mass is 79.9. The molecule has 1 heterocycles. The molecule has 0 aliphatic heterocycles. The molecule has 2 rings (SSSR count). The second-order valence-corrected chi connectivity index (χ2v) is 3.47. The average Bonchev–Trinajstić information content (AvgIpc) is 2.20. The standard InChI is InChI=1S/C10H7BrN2/c11-10-7-13-12-6-9(10)8-4-2-1-3-5-8/h1-7H. The highest BCUT2D eigenvalue weighted by Gasteiger charge is 2.01. The predicted octanol–water partition coefficient (Wildman–Crippen LogP) is 2.91. The molecule has 0 atom stereocenters. The summed E-state index contributed by atoms with van der Waals surface area (Å²) in [5.74, 6) is 0. The first kappa shape index (κ1) is 8.38. The molecule has 0 unspecified atom stereocenters. The first-order valence-corrected chi connectivity index (χ1v) is 4.69. The Morgan fingerprint density at radius 1 is 0.923 bits per heavy atom. The molecule has 0 spiro atoms. The zero-order valence-corrected chi connectivity index (χ0v) is 8.40. The molecule has 0 aliphatic carbocycles. The third-order valence-corrected chi connectivity index (χ3v) is 2.40. The molecular formula is C10H7BrN2. The van der Waals surface area contributed by atoms with Gasteiger partial charge in [-0.05, 0) is 21.5 Å². The van der Waals surface area contributed by atoms with Crippen molar-refractivity contribution in [3.8, 4) is 11.1 Å². The fourth-order valence-electron chi connectivity index (χ4n) is 1.14. The molecule has 0 N–H and O–H groups in total. The summed E-state index contributed by atoms with van der Waals surface area (Å²) in [5.41, 5.74) is 2.21. The van der Waals surface area contributed by atoms with Crippen molar-refractivity contribution in [3.05, 3.63) is 47.2 Å². The van der Waals surface area contributed by atoms with Gasteiger partial charge in [-0.2, -0.15) is 10.2 Å². The van der Waals surface area contributed by atoms with Crippen molar-refractivity contribution in [2.75, 3.05) is 0 Å². The highest BCUT2D eigenvalue weighted by molar-refractivity contribution is 9.10. The molecule has 3 heteroatoms. The van der Waals surface area contributed by atoms with Crippen LogP contribution >= 0.6 is 15.9 Å². The summed E-state index contributed by atoms with van der Waals surface area (Å²) < 4.78 is 0.966.